The SMILES string of the molecule is NCCC[C@@H]1NC(=O)[C@@H](N)Cc2cc(ccc2O)-c2ccc(O)c(c2)C[C@@H](C(=O)N[C@@H](CC(N)=O)C(=O)NCCN)NC1=O. The number of phenolic OH excluding ortho intramolecular Hbond substituents is 2. The minimum absolute atomic E-state index is 0.0415. The summed E-state index contributed by atoms with van der Waals surface area (Å²) in [5.41, 5.74) is 24.4. The van der Waals surface area contributed by atoms with E-state index in [0.29, 0.717) is 23.1 Å². The number of fused-ring (bicyclic) bond motifs is 5. The number of nitrogens with two attached hydrogens (primary N) is 4. The van der Waals surface area contributed by atoms with Gasteiger partial charge >= 0.3 is 0 Å². The van der Waals surface area contributed by atoms with Gasteiger partial charge in [-0.2, -0.15) is 0 Å². The molecule has 15 heteroatoms. The normalized spacial score (nSPS) is 19.4. The molecule has 3 rings (SSSR count). The van der Waals surface area contributed by atoms with Gasteiger partial charge in [-0.3, -0.25) is 24.0 Å². The molecule has 0 fully saturated rings. The van der Waals surface area contributed by atoms with Gasteiger partial charge in [-0.15, -0.1) is 0 Å². The Kier molecular flexibility index (Phi) is 12.0. The highest BCUT2D eigenvalue weighted by Gasteiger charge is 2.32. The van der Waals surface area contributed by atoms with Crippen LogP contribution >= 0.6 is 0 Å². The van der Waals surface area contributed by atoms with Crippen molar-refractivity contribution in [1.82, 2.24) is 21.3 Å². The minimum Gasteiger partial charge on any atom is -0.508 e. The molecule has 0 radical (unpaired) electrons. The van der Waals surface area contributed by atoms with E-state index in [0.717, 1.165) is 0 Å². The number of hydrogen-bond acceptors (Lipinski definition) is 10. The third-order valence-electron chi connectivity index (χ3n) is 7.14. The van der Waals surface area contributed by atoms with Crippen molar-refractivity contribution < 1.29 is 34.2 Å². The lowest BCUT2D eigenvalue weighted by atomic mass is 9.95. The molecule has 0 saturated heterocycles. The van der Waals surface area contributed by atoms with E-state index in [1.807, 2.05) is 0 Å². The van der Waals surface area contributed by atoms with E-state index in [-0.39, 0.29) is 56.0 Å². The van der Waals surface area contributed by atoms with Gasteiger partial charge in [-0.25, -0.2) is 0 Å². The lowest BCUT2D eigenvalue weighted by Gasteiger charge is -2.26. The molecule has 4 atom stereocenters. The van der Waals surface area contributed by atoms with Gasteiger partial charge in [0.25, 0.3) is 0 Å². The predicted octanol–water partition coefficient (Wildman–Crippen LogP) is -2.67. The van der Waals surface area contributed by atoms with E-state index >= 15 is 0 Å². The van der Waals surface area contributed by atoms with Crippen molar-refractivity contribution in [2.24, 2.45) is 22.9 Å². The largest absolute Gasteiger partial charge is 0.508 e. The number of nitrogens with one attached hydrogen (secondary N) is 4. The van der Waals surface area contributed by atoms with Crippen LogP contribution in [0.1, 0.15) is 30.4 Å². The van der Waals surface area contributed by atoms with Crippen LogP contribution in [0.5, 0.6) is 11.5 Å². The van der Waals surface area contributed by atoms with Crippen LogP contribution in [0.4, 0.5) is 0 Å². The monoisotopic (exact) mass is 612 g/mol. The van der Waals surface area contributed by atoms with Gasteiger partial charge in [0.15, 0.2) is 0 Å². The molecule has 44 heavy (non-hydrogen) atoms. The van der Waals surface area contributed by atoms with Gasteiger partial charge in [0.2, 0.25) is 29.5 Å². The van der Waals surface area contributed by atoms with E-state index in [1.54, 1.807) is 24.3 Å². The number of hydrogen-bond donors (Lipinski definition) is 10. The Morgan fingerprint density at radius 1 is 0.909 bits per heavy atom. The van der Waals surface area contributed by atoms with Gasteiger partial charge in [0, 0.05) is 25.9 Å². The highest BCUT2D eigenvalue weighted by atomic mass is 16.3. The quantitative estimate of drug-likeness (QED) is 0.133. The van der Waals surface area contributed by atoms with Crippen molar-refractivity contribution >= 4 is 29.5 Å². The van der Waals surface area contributed by atoms with E-state index in [4.69, 9.17) is 22.9 Å². The van der Waals surface area contributed by atoms with Gasteiger partial charge in [0.05, 0.1) is 12.5 Å². The molecule has 0 aliphatic carbocycles. The fourth-order valence-electron chi connectivity index (χ4n) is 4.76. The molecular formula is C29H40N8O7. The summed E-state index contributed by atoms with van der Waals surface area (Å²) in [6.07, 6.45) is -0.354. The van der Waals surface area contributed by atoms with Crippen molar-refractivity contribution in [1.29, 1.82) is 0 Å². The van der Waals surface area contributed by atoms with E-state index in [9.17, 15) is 34.2 Å². The Morgan fingerprint density at radius 3 is 2.09 bits per heavy atom. The Balaban J connectivity index is 2.07. The van der Waals surface area contributed by atoms with Crippen LogP contribution in [-0.4, -0.2) is 83.6 Å². The molecule has 4 bridgehead atoms. The van der Waals surface area contributed by atoms with Gasteiger partial charge in [-0.05, 0) is 65.9 Å². The summed E-state index contributed by atoms with van der Waals surface area (Å²) in [5, 5.41) is 31.3. The van der Waals surface area contributed by atoms with E-state index in [1.165, 1.54) is 12.1 Å². The van der Waals surface area contributed by atoms with Crippen LogP contribution in [0, 0.1) is 0 Å². The maximum absolute atomic E-state index is 13.6. The third kappa shape index (κ3) is 9.13. The Labute approximate surface area is 254 Å². The number of carbonyl (C=O) groups is 5. The van der Waals surface area contributed by atoms with Crippen molar-refractivity contribution in [3.63, 3.8) is 0 Å². The zero-order chi connectivity index (χ0) is 32.4. The molecular weight excluding hydrogens is 572 g/mol. The zero-order valence-corrected chi connectivity index (χ0v) is 24.2. The molecule has 0 spiro atoms. The fraction of sp³-hybridized carbons (Fsp3) is 0.414. The first-order valence-electron chi connectivity index (χ1n) is 14.2. The van der Waals surface area contributed by atoms with Crippen molar-refractivity contribution in [3.05, 3.63) is 47.5 Å². The van der Waals surface area contributed by atoms with Crippen molar-refractivity contribution in [3.8, 4) is 22.6 Å². The summed E-state index contributed by atoms with van der Waals surface area (Å²) in [6, 6.07) is 4.38. The van der Waals surface area contributed by atoms with Gasteiger partial charge in [-0.1, -0.05) is 12.1 Å². The summed E-state index contributed by atoms with van der Waals surface area (Å²) in [5.74, 6) is -4.07. The third-order valence-corrected chi connectivity index (χ3v) is 7.14. The maximum atomic E-state index is 13.6. The van der Waals surface area contributed by atoms with Crippen LogP contribution in [0.15, 0.2) is 36.4 Å². The lowest BCUT2D eigenvalue weighted by Crippen LogP contribution is -2.59. The molecule has 15 nitrogen and oxygen atoms in total. The number of amides is 5. The number of carbonyl (C=O) groups excluding carboxylic acids is 5. The van der Waals surface area contributed by atoms with Crippen molar-refractivity contribution in [2.75, 3.05) is 19.6 Å². The zero-order valence-electron chi connectivity index (χ0n) is 24.2. The molecule has 2 aromatic carbocycles. The molecule has 0 unspecified atom stereocenters. The van der Waals surface area contributed by atoms with Gasteiger partial charge < -0.3 is 54.4 Å². The fourth-order valence-corrected chi connectivity index (χ4v) is 4.76. The smallest absolute Gasteiger partial charge is 0.243 e. The first kappa shape index (κ1) is 33.8. The van der Waals surface area contributed by atoms with Crippen LogP contribution in [0.25, 0.3) is 11.1 Å². The highest BCUT2D eigenvalue weighted by Crippen LogP contribution is 2.31. The highest BCUT2D eigenvalue weighted by molar-refractivity contribution is 5.96. The molecule has 1 heterocycles. The lowest BCUT2D eigenvalue weighted by molar-refractivity contribution is -0.134. The Hall–Kier alpha value is -4.73. The Morgan fingerprint density at radius 2 is 1.52 bits per heavy atom. The van der Waals surface area contributed by atoms with Crippen LogP contribution in [0.3, 0.4) is 0 Å². The van der Waals surface area contributed by atoms with Crippen LogP contribution < -0.4 is 44.2 Å². The molecule has 1 aliphatic heterocycles. The predicted molar refractivity (Wildman–Crippen MR) is 161 cm³/mol. The number of aromatic hydroxyl groups is 2. The average Bonchev–Trinajstić information content (AvgIpc) is 2.98. The summed E-state index contributed by atoms with van der Waals surface area (Å²) in [4.78, 5) is 64.5. The molecule has 5 amide bonds. The maximum Gasteiger partial charge on any atom is 0.243 e. The van der Waals surface area contributed by atoms with Crippen molar-refractivity contribution in [2.45, 2.75) is 56.3 Å². The Bertz CT molecular complexity index is 1390. The summed E-state index contributed by atoms with van der Waals surface area (Å²) >= 11 is 0. The second-order valence-corrected chi connectivity index (χ2v) is 10.6. The molecule has 0 aromatic heterocycles. The topological polar surface area (TPSA) is 278 Å². The number of rotatable bonds is 10. The van der Waals surface area contributed by atoms with E-state index in [2.05, 4.69) is 21.3 Å². The molecule has 0 saturated carbocycles. The average molecular weight is 613 g/mol. The summed E-state index contributed by atoms with van der Waals surface area (Å²) in [6.45, 7) is 0.400. The summed E-state index contributed by atoms with van der Waals surface area (Å²) < 4.78 is 0. The minimum atomic E-state index is -1.38. The first-order chi connectivity index (χ1) is 20.9. The van der Waals surface area contributed by atoms with Crippen LogP contribution in [0.2, 0.25) is 0 Å². The molecule has 238 valence electrons. The summed E-state index contributed by atoms with van der Waals surface area (Å²) in [7, 11) is 0. The molecule has 2 aromatic rings. The van der Waals surface area contributed by atoms with E-state index < -0.39 is 60.1 Å². The number of primary amides is 1. The number of benzene rings is 2. The number of phenols is 2. The molecule has 14 N–H and O–H groups in total. The standard InChI is InChI=1S/C29H40N8O7/c30-7-1-2-20-28(43)36-21(29(44)37-22(14-25(33)40)27(42)34-9-8-31)13-18-11-16(4-6-24(18)39)15-3-5-23(38)17(10-15)12-19(32)26(41)35-20/h3-6,10-11,19-22,38-39H,1-2,7-9,12-14,30-32H2,(H2,33,40)(H,34,42)(H,35,41)(H,36,43)(H,37,44)/t19-,20-,21-,22-/m0/s1. The molecule has 1 aliphatic rings. The first-order valence-corrected chi connectivity index (χ1v) is 14.2. The second kappa shape index (κ2) is 15.7. The van der Waals surface area contributed by atoms with Crippen LogP contribution in [-0.2, 0) is 36.8 Å². The van der Waals surface area contributed by atoms with Gasteiger partial charge in [0.1, 0.15) is 29.6 Å². The second-order valence-electron chi connectivity index (χ2n) is 10.6.